The first-order valence-electron chi connectivity index (χ1n) is 6.41. The summed E-state index contributed by atoms with van der Waals surface area (Å²) in [5.74, 6) is 0.992. The minimum absolute atomic E-state index is 0.00864. The molecule has 1 fully saturated rings. The fraction of sp³-hybridized carbons (Fsp3) is 0.400. The molecule has 1 saturated heterocycles. The molecule has 0 saturated carbocycles. The largest absolute Gasteiger partial charge is 0.485 e. The van der Waals surface area contributed by atoms with Crippen molar-refractivity contribution in [3.05, 3.63) is 42.5 Å². The number of carbonyl (C=O) groups is 1. The van der Waals surface area contributed by atoms with E-state index in [-0.39, 0.29) is 11.5 Å². The molecular weight excluding hydrogens is 226 g/mol. The second kappa shape index (κ2) is 4.16. The number of carbonyl (C=O) groups excluding carboxylic acids is 1. The van der Waals surface area contributed by atoms with Crippen LogP contribution in [0.25, 0.3) is 0 Å². The van der Waals surface area contributed by atoms with Crippen LogP contribution in [0.3, 0.4) is 0 Å². The van der Waals surface area contributed by atoms with Crippen LogP contribution in [-0.2, 0) is 11.2 Å². The third-order valence-electron chi connectivity index (χ3n) is 3.95. The molecule has 18 heavy (non-hydrogen) atoms. The van der Waals surface area contributed by atoms with Gasteiger partial charge in [0.1, 0.15) is 11.4 Å². The summed E-state index contributed by atoms with van der Waals surface area (Å²) in [6, 6.07) is 8.18. The molecule has 2 aliphatic rings. The van der Waals surface area contributed by atoms with E-state index in [1.807, 2.05) is 23.1 Å². The lowest BCUT2D eigenvalue weighted by atomic mass is 9.90. The number of hydrogen-bond donors (Lipinski definition) is 0. The van der Waals surface area contributed by atoms with Crippen molar-refractivity contribution in [3.8, 4) is 5.75 Å². The Kier molecular flexibility index (Phi) is 2.62. The first kappa shape index (κ1) is 11.3. The molecule has 1 unspecified atom stereocenters. The van der Waals surface area contributed by atoms with Crippen molar-refractivity contribution in [2.75, 3.05) is 13.1 Å². The Morgan fingerprint density at radius 2 is 2.22 bits per heavy atom. The van der Waals surface area contributed by atoms with Crippen molar-refractivity contribution in [2.24, 2.45) is 0 Å². The number of nitrogens with zero attached hydrogens (tertiary/aromatic N) is 1. The zero-order valence-corrected chi connectivity index (χ0v) is 10.4. The molecule has 3 heteroatoms. The third-order valence-corrected chi connectivity index (χ3v) is 3.95. The monoisotopic (exact) mass is 243 g/mol. The van der Waals surface area contributed by atoms with Gasteiger partial charge in [-0.2, -0.15) is 0 Å². The lowest BCUT2D eigenvalue weighted by Gasteiger charge is -2.35. The van der Waals surface area contributed by atoms with Gasteiger partial charge >= 0.3 is 0 Å². The molecule has 1 atom stereocenters. The van der Waals surface area contributed by atoms with Gasteiger partial charge in [0.15, 0.2) is 0 Å². The highest BCUT2D eigenvalue weighted by Crippen LogP contribution is 2.38. The molecule has 94 valence electrons. The van der Waals surface area contributed by atoms with Crippen molar-refractivity contribution >= 4 is 5.91 Å². The molecule has 0 aliphatic carbocycles. The summed E-state index contributed by atoms with van der Waals surface area (Å²) in [7, 11) is 0. The smallest absolute Gasteiger partial charge is 0.246 e. The van der Waals surface area contributed by atoms with Crippen molar-refractivity contribution in [3.63, 3.8) is 0 Å². The fourth-order valence-corrected chi connectivity index (χ4v) is 2.91. The third kappa shape index (κ3) is 1.80. The van der Waals surface area contributed by atoms with E-state index >= 15 is 0 Å². The molecule has 2 heterocycles. The molecule has 0 radical (unpaired) electrons. The maximum atomic E-state index is 11.6. The lowest BCUT2D eigenvalue weighted by molar-refractivity contribution is -0.125. The summed E-state index contributed by atoms with van der Waals surface area (Å²) in [4.78, 5) is 13.5. The number of aryl methyl sites for hydroxylation is 1. The molecule has 2 aliphatic heterocycles. The summed E-state index contributed by atoms with van der Waals surface area (Å²) >= 11 is 0. The second-order valence-corrected chi connectivity index (χ2v) is 5.11. The van der Waals surface area contributed by atoms with E-state index < -0.39 is 0 Å². The number of likely N-dealkylation sites (tertiary alicyclic amines) is 1. The van der Waals surface area contributed by atoms with Gasteiger partial charge in [0, 0.05) is 13.0 Å². The van der Waals surface area contributed by atoms with Gasteiger partial charge in [-0.3, -0.25) is 4.79 Å². The van der Waals surface area contributed by atoms with Gasteiger partial charge in [-0.25, -0.2) is 0 Å². The molecule has 1 spiro atoms. The maximum absolute atomic E-state index is 11.6. The Balaban J connectivity index is 1.80. The van der Waals surface area contributed by atoms with Crippen LogP contribution in [0.15, 0.2) is 36.9 Å². The van der Waals surface area contributed by atoms with Gasteiger partial charge in [0.2, 0.25) is 5.91 Å². The normalized spacial score (nSPS) is 25.7. The predicted molar refractivity (Wildman–Crippen MR) is 69.5 cm³/mol. The molecule has 1 amide bonds. The number of ether oxygens (including phenoxy) is 1. The number of fused-ring (bicyclic) bond motifs is 1. The van der Waals surface area contributed by atoms with Gasteiger partial charge in [-0.1, -0.05) is 24.8 Å². The average Bonchev–Trinajstić information content (AvgIpc) is 2.81. The van der Waals surface area contributed by atoms with E-state index in [9.17, 15) is 4.79 Å². The summed E-state index contributed by atoms with van der Waals surface area (Å²) in [6.07, 6.45) is 4.33. The van der Waals surface area contributed by atoms with Crippen LogP contribution in [0.1, 0.15) is 18.4 Å². The number of hydrogen-bond acceptors (Lipinski definition) is 2. The van der Waals surface area contributed by atoms with Gasteiger partial charge in [-0.15, -0.1) is 0 Å². The van der Waals surface area contributed by atoms with Crippen LogP contribution in [0.5, 0.6) is 5.75 Å². The van der Waals surface area contributed by atoms with E-state index in [1.54, 1.807) is 0 Å². The standard InChI is InChI=1S/C15H17NO2/c1-2-14(17)16-10-9-15(11-16)8-7-12-5-3-4-6-13(12)18-15/h2-6H,1,7-11H2. The highest BCUT2D eigenvalue weighted by atomic mass is 16.5. The molecule has 0 N–H and O–H groups in total. The lowest BCUT2D eigenvalue weighted by Crippen LogP contribution is -2.43. The topological polar surface area (TPSA) is 29.5 Å². The molecule has 0 bridgehead atoms. The second-order valence-electron chi connectivity index (χ2n) is 5.11. The molecule has 1 aromatic rings. The van der Waals surface area contributed by atoms with Crippen LogP contribution < -0.4 is 4.74 Å². The maximum Gasteiger partial charge on any atom is 0.246 e. The Bertz CT molecular complexity index is 497. The van der Waals surface area contributed by atoms with E-state index in [4.69, 9.17) is 4.74 Å². The Morgan fingerprint density at radius 1 is 1.39 bits per heavy atom. The molecule has 0 aromatic heterocycles. The number of rotatable bonds is 1. The zero-order valence-electron chi connectivity index (χ0n) is 10.4. The van der Waals surface area contributed by atoms with E-state index in [2.05, 4.69) is 12.6 Å². The Morgan fingerprint density at radius 3 is 3.06 bits per heavy atom. The van der Waals surface area contributed by atoms with Crippen LogP contribution in [-0.4, -0.2) is 29.5 Å². The van der Waals surface area contributed by atoms with Crippen LogP contribution in [0.4, 0.5) is 0 Å². The summed E-state index contributed by atoms with van der Waals surface area (Å²) in [5, 5.41) is 0. The summed E-state index contributed by atoms with van der Waals surface area (Å²) in [6.45, 7) is 5.00. The minimum atomic E-state index is -0.174. The molecular formula is C15H17NO2. The average molecular weight is 243 g/mol. The Hall–Kier alpha value is -1.77. The number of para-hydroxylation sites is 1. The fourth-order valence-electron chi connectivity index (χ4n) is 2.91. The molecule has 3 nitrogen and oxygen atoms in total. The molecule has 1 aromatic carbocycles. The highest BCUT2D eigenvalue weighted by molar-refractivity contribution is 5.87. The first-order chi connectivity index (χ1) is 8.72. The van der Waals surface area contributed by atoms with E-state index in [1.165, 1.54) is 11.6 Å². The number of benzene rings is 1. The first-order valence-corrected chi connectivity index (χ1v) is 6.41. The van der Waals surface area contributed by atoms with Crippen molar-refractivity contribution in [1.82, 2.24) is 4.90 Å². The number of amides is 1. The Labute approximate surface area is 107 Å². The minimum Gasteiger partial charge on any atom is -0.485 e. The van der Waals surface area contributed by atoms with Crippen LogP contribution in [0.2, 0.25) is 0 Å². The molecule has 3 rings (SSSR count). The predicted octanol–water partition coefficient (Wildman–Crippen LogP) is 2.17. The van der Waals surface area contributed by atoms with Crippen LogP contribution >= 0.6 is 0 Å². The summed E-state index contributed by atoms with van der Waals surface area (Å²) in [5.41, 5.74) is 1.10. The van der Waals surface area contributed by atoms with Crippen molar-refractivity contribution < 1.29 is 9.53 Å². The highest BCUT2D eigenvalue weighted by Gasteiger charge is 2.43. The van der Waals surface area contributed by atoms with Gasteiger partial charge < -0.3 is 9.64 Å². The summed E-state index contributed by atoms with van der Waals surface area (Å²) < 4.78 is 6.18. The quantitative estimate of drug-likeness (QED) is 0.707. The SMILES string of the molecule is C=CC(=O)N1CCC2(CCc3ccccc3O2)C1. The zero-order chi connectivity index (χ0) is 12.6. The van der Waals surface area contributed by atoms with E-state index in [0.717, 1.165) is 31.6 Å². The van der Waals surface area contributed by atoms with Gasteiger partial charge in [0.05, 0.1) is 6.54 Å². The van der Waals surface area contributed by atoms with Crippen molar-refractivity contribution in [1.29, 1.82) is 0 Å². The van der Waals surface area contributed by atoms with Crippen molar-refractivity contribution in [2.45, 2.75) is 24.9 Å². The van der Waals surface area contributed by atoms with Crippen LogP contribution in [0, 0.1) is 0 Å². The van der Waals surface area contributed by atoms with E-state index in [0.29, 0.717) is 6.54 Å². The van der Waals surface area contributed by atoms with Gasteiger partial charge in [-0.05, 0) is 30.5 Å². The van der Waals surface area contributed by atoms with Gasteiger partial charge in [0.25, 0.3) is 0 Å².